The van der Waals surface area contributed by atoms with E-state index in [-0.39, 0.29) is 5.78 Å². The van der Waals surface area contributed by atoms with Gasteiger partial charge in [-0.3, -0.25) is 4.79 Å². The Morgan fingerprint density at radius 2 is 1.89 bits per heavy atom. The molecule has 2 rings (SSSR count). The van der Waals surface area contributed by atoms with Crippen LogP contribution in [0.1, 0.15) is 16.1 Å². The van der Waals surface area contributed by atoms with Gasteiger partial charge in [-0.05, 0) is 30.3 Å². The standard InChI is InChI=1S/C13H9Br2NO2/c1-18-11-3-2-4-16-12(11)13(17)8-5-9(14)7-10(15)6-8/h2-7H,1H3. The molecule has 2 aromatic rings. The van der Waals surface area contributed by atoms with Gasteiger partial charge in [0.05, 0.1) is 7.11 Å². The monoisotopic (exact) mass is 369 g/mol. The van der Waals surface area contributed by atoms with E-state index in [1.807, 2.05) is 6.07 Å². The molecule has 0 amide bonds. The second-order valence-corrected chi connectivity index (χ2v) is 5.37. The third kappa shape index (κ3) is 2.79. The van der Waals surface area contributed by atoms with Crippen LogP contribution in [0.25, 0.3) is 0 Å². The van der Waals surface area contributed by atoms with E-state index in [9.17, 15) is 4.79 Å². The molecule has 0 N–H and O–H groups in total. The zero-order chi connectivity index (χ0) is 13.1. The summed E-state index contributed by atoms with van der Waals surface area (Å²) < 4.78 is 6.80. The molecule has 1 heterocycles. The van der Waals surface area contributed by atoms with Crippen LogP contribution in [-0.2, 0) is 0 Å². The van der Waals surface area contributed by atoms with Crippen LogP contribution in [0.15, 0.2) is 45.5 Å². The Balaban J connectivity index is 2.47. The highest BCUT2D eigenvalue weighted by molar-refractivity contribution is 9.11. The normalized spacial score (nSPS) is 10.2. The molecule has 3 nitrogen and oxygen atoms in total. The van der Waals surface area contributed by atoms with Crippen LogP contribution in [0.3, 0.4) is 0 Å². The summed E-state index contributed by atoms with van der Waals surface area (Å²) in [5.41, 5.74) is 0.859. The first-order chi connectivity index (χ1) is 8.61. The third-order valence-electron chi connectivity index (χ3n) is 2.33. The molecule has 0 saturated heterocycles. The molecule has 18 heavy (non-hydrogen) atoms. The summed E-state index contributed by atoms with van der Waals surface area (Å²) in [7, 11) is 1.52. The first-order valence-electron chi connectivity index (χ1n) is 5.11. The summed E-state index contributed by atoms with van der Waals surface area (Å²) in [5.74, 6) is 0.299. The predicted molar refractivity (Wildman–Crippen MR) is 76.1 cm³/mol. The van der Waals surface area contributed by atoms with Gasteiger partial charge in [0.25, 0.3) is 0 Å². The van der Waals surface area contributed by atoms with Gasteiger partial charge in [0.2, 0.25) is 5.78 Å². The number of hydrogen-bond acceptors (Lipinski definition) is 3. The summed E-state index contributed by atoms with van der Waals surface area (Å²) in [4.78, 5) is 16.4. The summed E-state index contributed by atoms with van der Waals surface area (Å²) in [6.45, 7) is 0. The maximum absolute atomic E-state index is 12.3. The van der Waals surface area contributed by atoms with Crippen molar-refractivity contribution in [1.29, 1.82) is 0 Å². The zero-order valence-corrected chi connectivity index (χ0v) is 12.7. The van der Waals surface area contributed by atoms with Crippen LogP contribution < -0.4 is 4.74 Å². The van der Waals surface area contributed by atoms with Crippen molar-refractivity contribution in [2.75, 3.05) is 7.11 Å². The highest BCUT2D eigenvalue weighted by Gasteiger charge is 2.16. The quantitative estimate of drug-likeness (QED) is 0.770. The molecule has 0 aliphatic heterocycles. The molecule has 0 fully saturated rings. The summed E-state index contributed by atoms with van der Waals surface area (Å²) in [5, 5.41) is 0. The molecule has 0 saturated carbocycles. The summed E-state index contributed by atoms with van der Waals surface area (Å²) in [6, 6.07) is 8.81. The molecule has 0 aliphatic carbocycles. The molecule has 1 aromatic heterocycles. The van der Waals surface area contributed by atoms with Crippen LogP contribution in [0.4, 0.5) is 0 Å². The maximum atomic E-state index is 12.3. The molecular weight excluding hydrogens is 362 g/mol. The zero-order valence-electron chi connectivity index (χ0n) is 9.48. The fraction of sp³-hybridized carbons (Fsp3) is 0.0769. The number of pyridine rings is 1. The van der Waals surface area contributed by atoms with Gasteiger partial charge in [-0.25, -0.2) is 4.98 Å². The Kier molecular flexibility index (Phi) is 4.14. The number of carbonyl (C=O) groups is 1. The lowest BCUT2D eigenvalue weighted by atomic mass is 10.1. The third-order valence-corrected chi connectivity index (χ3v) is 3.25. The minimum atomic E-state index is -0.172. The molecule has 0 bridgehead atoms. The number of ketones is 1. The number of aromatic nitrogens is 1. The molecule has 0 aliphatic rings. The van der Waals surface area contributed by atoms with E-state index in [1.54, 1.807) is 30.5 Å². The van der Waals surface area contributed by atoms with Gasteiger partial charge in [0.1, 0.15) is 5.75 Å². The summed E-state index contributed by atoms with van der Waals surface area (Å²) in [6.07, 6.45) is 1.57. The van der Waals surface area contributed by atoms with E-state index in [2.05, 4.69) is 36.8 Å². The van der Waals surface area contributed by atoms with Crippen molar-refractivity contribution in [3.05, 3.63) is 56.7 Å². The lowest BCUT2D eigenvalue weighted by molar-refractivity contribution is 0.103. The Hall–Kier alpha value is -1.20. The molecular formula is C13H9Br2NO2. The van der Waals surface area contributed by atoms with Crippen LogP contribution in [-0.4, -0.2) is 17.9 Å². The van der Waals surface area contributed by atoms with Gasteiger partial charge >= 0.3 is 0 Å². The maximum Gasteiger partial charge on any atom is 0.215 e. The minimum Gasteiger partial charge on any atom is -0.494 e. The minimum absolute atomic E-state index is 0.172. The largest absolute Gasteiger partial charge is 0.494 e. The van der Waals surface area contributed by atoms with Crippen molar-refractivity contribution in [2.24, 2.45) is 0 Å². The average molecular weight is 371 g/mol. The lowest BCUT2D eigenvalue weighted by Crippen LogP contribution is -2.06. The second-order valence-electron chi connectivity index (χ2n) is 3.54. The van der Waals surface area contributed by atoms with Crippen molar-refractivity contribution < 1.29 is 9.53 Å². The van der Waals surface area contributed by atoms with Gasteiger partial charge in [0, 0.05) is 20.7 Å². The van der Waals surface area contributed by atoms with Gasteiger partial charge in [-0.2, -0.15) is 0 Å². The number of nitrogens with zero attached hydrogens (tertiary/aromatic N) is 1. The molecule has 92 valence electrons. The second kappa shape index (κ2) is 5.63. The average Bonchev–Trinajstić information content (AvgIpc) is 2.36. The Labute approximate surface area is 121 Å². The summed E-state index contributed by atoms with van der Waals surface area (Å²) >= 11 is 6.71. The van der Waals surface area contributed by atoms with E-state index < -0.39 is 0 Å². The van der Waals surface area contributed by atoms with E-state index in [1.165, 1.54) is 7.11 Å². The number of ether oxygens (including phenoxy) is 1. The Morgan fingerprint density at radius 1 is 1.22 bits per heavy atom. The smallest absolute Gasteiger partial charge is 0.215 e. The van der Waals surface area contributed by atoms with E-state index in [4.69, 9.17) is 4.74 Å². The number of rotatable bonds is 3. The SMILES string of the molecule is COc1cccnc1C(=O)c1cc(Br)cc(Br)c1. The number of halogens is 2. The first-order valence-corrected chi connectivity index (χ1v) is 6.70. The van der Waals surface area contributed by atoms with Crippen LogP contribution in [0, 0.1) is 0 Å². The van der Waals surface area contributed by atoms with Gasteiger partial charge < -0.3 is 4.74 Å². The Bertz CT molecular complexity index is 579. The number of benzene rings is 1. The first kappa shape index (κ1) is 13.2. The van der Waals surface area contributed by atoms with Crippen molar-refractivity contribution in [1.82, 2.24) is 4.98 Å². The van der Waals surface area contributed by atoms with Gasteiger partial charge in [0.15, 0.2) is 5.69 Å². The fourth-order valence-corrected chi connectivity index (χ4v) is 2.84. The van der Waals surface area contributed by atoms with E-state index in [0.717, 1.165) is 8.95 Å². The lowest BCUT2D eigenvalue weighted by Gasteiger charge is -2.06. The Morgan fingerprint density at radius 3 is 2.50 bits per heavy atom. The van der Waals surface area contributed by atoms with E-state index >= 15 is 0 Å². The van der Waals surface area contributed by atoms with Crippen LogP contribution in [0.5, 0.6) is 5.75 Å². The van der Waals surface area contributed by atoms with Crippen molar-refractivity contribution in [3.8, 4) is 5.75 Å². The van der Waals surface area contributed by atoms with Crippen molar-refractivity contribution >= 4 is 37.6 Å². The molecule has 0 radical (unpaired) electrons. The fourth-order valence-electron chi connectivity index (χ4n) is 1.55. The predicted octanol–water partition coefficient (Wildman–Crippen LogP) is 3.85. The van der Waals surface area contributed by atoms with Crippen molar-refractivity contribution in [3.63, 3.8) is 0 Å². The molecule has 0 atom stereocenters. The van der Waals surface area contributed by atoms with Gasteiger partial charge in [-0.1, -0.05) is 31.9 Å². The molecule has 1 aromatic carbocycles. The number of hydrogen-bond donors (Lipinski definition) is 0. The highest BCUT2D eigenvalue weighted by Crippen LogP contribution is 2.24. The molecule has 0 spiro atoms. The highest BCUT2D eigenvalue weighted by atomic mass is 79.9. The topological polar surface area (TPSA) is 39.2 Å². The van der Waals surface area contributed by atoms with Crippen molar-refractivity contribution in [2.45, 2.75) is 0 Å². The van der Waals surface area contributed by atoms with Crippen LogP contribution in [0.2, 0.25) is 0 Å². The van der Waals surface area contributed by atoms with Crippen LogP contribution >= 0.6 is 31.9 Å². The number of carbonyl (C=O) groups excluding carboxylic acids is 1. The van der Waals surface area contributed by atoms with Gasteiger partial charge in [-0.15, -0.1) is 0 Å². The number of methoxy groups -OCH3 is 1. The van der Waals surface area contributed by atoms with E-state index in [0.29, 0.717) is 17.0 Å². The molecule has 0 unspecified atom stereocenters. The molecule has 5 heteroatoms.